The second kappa shape index (κ2) is 8.09. The molecule has 1 nitrogen and oxygen atoms in total. The number of allylic oxidation sites excluding steroid dienone is 2. The van der Waals surface area contributed by atoms with Crippen LogP contribution in [-0.2, 0) is 0 Å². The Hall–Kier alpha value is -0.0100. The summed E-state index contributed by atoms with van der Waals surface area (Å²) in [6.07, 6.45) is 6.18. The van der Waals surface area contributed by atoms with Gasteiger partial charge in [0.15, 0.2) is 0 Å². The van der Waals surface area contributed by atoms with Crippen molar-refractivity contribution in [3.8, 4) is 0 Å². The fourth-order valence-corrected chi connectivity index (χ4v) is 1.24. The van der Waals surface area contributed by atoms with Crippen LogP contribution in [-0.4, -0.2) is 17.6 Å². The Labute approximate surface area is 74.1 Å². The minimum atomic E-state index is 0.303. The molecule has 0 aromatic rings. The summed E-state index contributed by atoms with van der Waals surface area (Å²) in [5.74, 6) is 0.707. The molecule has 2 heteroatoms. The van der Waals surface area contributed by atoms with Gasteiger partial charge in [-0.2, -0.15) is 0 Å². The molecule has 0 heterocycles. The summed E-state index contributed by atoms with van der Waals surface area (Å²) >= 11 is 5.60. The number of alkyl halides is 1. The number of rotatable bonds is 6. The third-order valence-electron chi connectivity index (χ3n) is 1.73. The maximum absolute atomic E-state index is 8.54. The smallest absolute Gasteiger partial charge is 0.0431 e. The first-order chi connectivity index (χ1) is 5.35. The number of aliphatic hydroxyl groups is 1. The maximum Gasteiger partial charge on any atom is 0.0431 e. The van der Waals surface area contributed by atoms with Gasteiger partial charge in [-0.05, 0) is 32.6 Å². The summed E-state index contributed by atoms with van der Waals surface area (Å²) in [7, 11) is 0. The van der Waals surface area contributed by atoms with Crippen LogP contribution in [0, 0.1) is 0 Å². The van der Waals surface area contributed by atoms with E-state index in [0.717, 1.165) is 25.7 Å². The molecule has 0 rings (SSSR count). The predicted octanol–water partition coefficient (Wildman–Crippen LogP) is 2.72. The highest BCUT2D eigenvalue weighted by molar-refractivity contribution is 6.17. The molecule has 0 amide bonds. The van der Waals surface area contributed by atoms with Gasteiger partial charge in [0.05, 0.1) is 0 Å². The first-order valence-electron chi connectivity index (χ1n) is 4.16. The van der Waals surface area contributed by atoms with Crippen molar-refractivity contribution < 1.29 is 5.11 Å². The summed E-state index contributed by atoms with van der Waals surface area (Å²) < 4.78 is 0. The zero-order chi connectivity index (χ0) is 8.53. The van der Waals surface area contributed by atoms with Crippen LogP contribution in [0.2, 0.25) is 0 Å². The van der Waals surface area contributed by atoms with E-state index in [1.54, 1.807) is 0 Å². The Morgan fingerprint density at radius 3 is 2.55 bits per heavy atom. The molecular weight excluding hydrogens is 160 g/mol. The molecule has 0 aliphatic heterocycles. The summed E-state index contributed by atoms with van der Waals surface area (Å²) in [4.78, 5) is 0. The van der Waals surface area contributed by atoms with E-state index in [1.807, 2.05) is 6.92 Å². The molecule has 0 radical (unpaired) electrons. The predicted molar refractivity (Wildman–Crippen MR) is 50.0 cm³/mol. The van der Waals surface area contributed by atoms with Crippen molar-refractivity contribution in [1.29, 1.82) is 0 Å². The Balaban J connectivity index is 3.37. The van der Waals surface area contributed by atoms with Gasteiger partial charge in [-0.3, -0.25) is 0 Å². The third kappa shape index (κ3) is 6.39. The minimum absolute atomic E-state index is 0.303. The van der Waals surface area contributed by atoms with Gasteiger partial charge < -0.3 is 5.11 Å². The normalized spacial score (nSPS) is 12.1. The van der Waals surface area contributed by atoms with Crippen molar-refractivity contribution in [1.82, 2.24) is 0 Å². The molecule has 0 aromatic carbocycles. The largest absolute Gasteiger partial charge is 0.396 e. The monoisotopic (exact) mass is 176 g/mol. The van der Waals surface area contributed by atoms with Gasteiger partial charge in [-0.1, -0.05) is 11.6 Å². The van der Waals surface area contributed by atoms with E-state index in [-0.39, 0.29) is 0 Å². The molecule has 0 spiro atoms. The standard InChI is InChI=1S/C9H17ClO/c1-2-9(6-7-10)5-3-4-8-11/h2,11H,3-8H2,1H3. The lowest BCUT2D eigenvalue weighted by Gasteiger charge is -2.02. The van der Waals surface area contributed by atoms with Crippen LogP contribution < -0.4 is 0 Å². The highest BCUT2D eigenvalue weighted by Crippen LogP contribution is 2.11. The highest BCUT2D eigenvalue weighted by Gasteiger charge is 1.94. The third-order valence-corrected chi connectivity index (χ3v) is 1.92. The quantitative estimate of drug-likeness (QED) is 0.375. The first-order valence-corrected chi connectivity index (χ1v) is 4.69. The number of unbranched alkanes of at least 4 members (excludes halogenated alkanes) is 1. The van der Waals surface area contributed by atoms with Crippen LogP contribution in [0.25, 0.3) is 0 Å². The van der Waals surface area contributed by atoms with Gasteiger partial charge in [0, 0.05) is 12.5 Å². The van der Waals surface area contributed by atoms with Gasteiger partial charge in [-0.15, -0.1) is 11.6 Å². The summed E-state index contributed by atoms with van der Waals surface area (Å²) in [5.41, 5.74) is 1.41. The molecule has 0 saturated heterocycles. The fraction of sp³-hybridized carbons (Fsp3) is 0.778. The molecule has 1 N–H and O–H groups in total. The highest BCUT2D eigenvalue weighted by atomic mass is 35.5. The van der Waals surface area contributed by atoms with Crippen LogP contribution in [0.3, 0.4) is 0 Å². The van der Waals surface area contributed by atoms with Crippen molar-refractivity contribution in [2.75, 3.05) is 12.5 Å². The summed E-state index contributed by atoms with van der Waals surface area (Å²) in [5, 5.41) is 8.54. The van der Waals surface area contributed by atoms with Gasteiger partial charge in [0.1, 0.15) is 0 Å². The van der Waals surface area contributed by atoms with E-state index >= 15 is 0 Å². The second-order valence-corrected chi connectivity index (χ2v) is 2.94. The molecule has 0 saturated carbocycles. The molecule has 11 heavy (non-hydrogen) atoms. The maximum atomic E-state index is 8.54. The fourth-order valence-electron chi connectivity index (χ4n) is 0.999. The Bertz CT molecular complexity index is 110. The van der Waals surface area contributed by atoms with Gasteiger partial charge in [-0.25, -0.2) is 0 Å². The lowest BCUT2D eigenvalue weighted by molar-refractivity contribution is 0.284. The van der Waals surface area contributed by atoms with Gasteiger partial charge in [0.25, 0.3) is 0 Å². The van der Waals surface area contributed by atoms with E-state index in [1.165, 1.54) is 5.57 Å². The molecular formula is C9H17ClO. The zero-order valence-corrected chi connectivity index (χ0v) is 7.90. The molecule has 0 aliphatic carbocycles. The van der Waals surface area contributed by atoms with Crippen molar-refractivity contribution in [3.05, 3.63) is 11.6 Å². The molecule has 0 aromatic heterocycles. The van der Waals surface area contributed by atoms with Crippen LogP contribution in [0.1, 0.15) is 32.6 Å². The van der Waals surface area contributed by atoms with E-state index < -0.39 is 0 Å². The van der Waals surface area contributed by atoms with Crippen LogP contribution >= 0.6 is 11.6 Å². The minimum Gasteiger partial charge on any atom is -0.396 e. The van der Waals surface area contributed by atoms with E-state index in [2.05, 4.69) is 6.08 Å². The van der Waals surface area contributed by atoms with Crippen molar-refractivity contribution in [2.45, 2.75) is 32.6 Å². The average molecular weight is 177 g/mol. The van der Waals surface area contributed by atoms with E-state index in [9.17, 15) is 0 Å². The van der Waals surface area contributed by atoms with Crippen LogP contribution in [0.15, 0.2) is 11.6 Å². The van der Waals surface area contributed by atoms with Crippen LogP contribution in [0.5, 0.6) is 0 Å². The molecule has 66 valence electrons. The Kier molecular flexibility index (Phi) is 8.08. The van der Waals surface area contributed by atoms with Crippen LogP contribution in [0.4, 0.5) is 0 Å². The molecule has 0 aliphatic rings. The number of halogens is 1. The summed E-state index contributed by atoms with van der Waals surface area (Å²) in [6, 6.07) is 0. The SMILES string of the molecule is CC=C(CCCl)CCCCO. The number of hydrogen-bond acceptors (Lipinski definition) is 1. The van der Waals surface area contributed by atoms with Crippen molar-refractivity contribution >= 4 is 11.6 Å². The zero-order valence-electron chi connectivity index (χ0n) is 7.15. The van der Waals surface area contributed by atoms with Gasteiger partial charge >= 0.3 is 0 Å². The topological polar surface area (TPSA) is 20.2 Å². The van der Waals surface area contributed by atoms with E-state index in [0.29, 0.717) is 12.5 Å². The lowest BCUT2D eigenvalue weighted by Crippen LogP contribution is -1.88. The number of hydrogen-bond donors (Lipinski definition) is 1. The Morgan fingerprint density at radius 2 is 2.09 bits per heavy atom. The lowest BCUT2D eigenvalue weighted by atomic mass is 10.1. The number of aliphatic hydroxyl groups excluding tert-OH is 1. The molecule has 0 fully saturated rings. The first kappa shape index (κ1) is 11.0. The second-order valence-electron chi connectivity index (χ2n) is 2.57. The Morgan fingerprint density at radius 1 is 1.36 bits per heavy atom. The molecule has 0 bridgehead atoms. The van der Waals surface area contributed by atoms with Gasteiger partial charge in [0.2, 0.25) is 0 Å². The van der Waals surface area contributed by atoms with Crippen molar-refractivity contribution in [3.63, 3.8) is 0 Å². The average Bonchev–Trinajstić information content (AvgIpc) is 2.03. The van der Waals surface area contributed by atoms with Crippen molar-refractivity contribution in [2.24, 2.45) is 0 Å². The molecule has 0 unspecified atom stereocenters. The molecule has 0 atom stereocenters. The van der Waals surface area contributed by atoms with E-state index in [4.69, 9.17) is 16.7 Å². The summed E-state index contributed by atoms with van der Waals surface area (Å²) in [6.45, 7) is 2.35.